The van der Waals surface area contributed by atoms with Gasteiger partial charge < -0.3 is 0 Å². The molecule has 0 atom stereocenters. The molecule has 2 aromatic rings. The van der Waals surface area contributed by atoms with E-state index >= 15 is 0 Å². The van der Waals surface area contributed by atoms with E-state index in [1.165, 1.54) is 0 Å². The number of nitrogens with zero attached hydrogens (tertiary/aromatic N) is 1. The molecule has 2 nitrogen and oxygen atoms in total. The van der Waals surface area contributed by atoms with E-state index in [9.17, 15) is 4.79 Å². The molecule has 1 aromatic heterocycles. The van der Waals surface area contributed by atoms with E-state index in [1.54, 1.807) is 18.3 Å². The Morgan fingerprint density at radius 1 is 1.33 bits per heavy atom. The van der Waals surface area contributed by atoms with Gasteiger partial charge >= 0.3 is 0 Å². The Balaban J connectivity index is 2.60. The van der Waals surface area contributed by atoms with Crippen LogP contribution < -0.4 is 0 Å². The highest BCUT2D eigenvalue weighted by molar-refractivity contribution is 6.07. The van der Waals surface area contributed by atoms with Gasteiger partial charge in [0.25, 0.3) is 0 Å². The lowest BCUT2D eigenvalue weighted by Crippen LogP contribution is -1.98. The predicted molar refractivity (Wildman–Crippen MR) is 60.9 cm³/mol. The fourth-order valence-electron chi connectivity index (χ4n) is 1.58. The van der Waals surface area contributed by atoms with E-state index in [0.29, 0.717) is 6.42 Å². The minimum atomic E-state index is 0.0867. The van der Waals surface area contributed by atoms with Gasteiger partial charge in [0.05, 0.1) is 5.52 Å². The summed E-state index contributed by atoms with van der Waals surface area (Å²) in [6, 6.07) is 9.40. The molecule has 74 valence electrons. The third-order valence-corrected chi connectivity index (χ3v) is 2.28. The van der Waals surface area contributed by atoms with Crippen molar-refractivity contribution < 1.29 is 4.79 Å². The number of para-hydroxylation sites is 1. The SMILES string of the molecule is C=CCC(=O)c1ccnc2ccccc12. The first kappa shape index (κ1) is 9.59. The van der Waals surface area contributed by atoms with Gasteiger partial charge in [0.1, 0.15) is 0 Å². The summed E-state index contributed by atoms with van der Waals surface area (Å²) in [4.78, 5) is 16.0. The highest BCUT2D eigenvalue weighted by Crippen LogP contribution is 2.17. The number of carbonyl (C=O) groups is 1. The zero-order chi connectivity index (χ0) is 10.7. The van der Waals surface area contributed by atoms with Crippen LogP contribution in [0.25, 0.3) is 10.9 Å². The van der Waals surface area contributed by atoms with Crippen LogP contribution in [0.2, 0.25) is 0 Å². The number of allylic oxidation sites excluding steroid dienone is 1. The highest BCUT2D eigenvalue weighted by Gasteiger charge is 2.07. The molecule has 2 rings (SSSR count). The molecule has 0 amide bonds. The van der Waals surface area contributed by atoms with Gasteiger partial charge in [-0.05, 0) is 12.1 Å². The molecule has 0 saturated heterocycles. The van der Waals surface area contributed by atoms with Crippen LogP contribution in [0.15, 0.2) is 49.2 Å². The summed E-state index contributed by atoms with van der Waals surface area (Å²) in [6.45, 7) is 3.57. The quantitative estimate of drug-likeness (QED) is 0.559. The average molecular weight is 197 g/mol. The Morgan fingerprint density at radius 3 is 2.93 bits per heavy atom. The summed E-state index contributed by atoms with van der Waals surface area (Å²) in [7, 11) is 0. The maximum atomic E-state index is 11.8. The van der Waals surface area contributed by atoms with E-state index in [-0.39, 0.29) is 5.78 Å². The van der Waals surface area contributed by atoms with Gasteiger partial charge in [-0.25, -0.2) is 0 Å². The highest BCUT2D eigenvalue weighted by atomic mass is 16.1. The van der Waals surface area contributed by atoms with Crippen LogP contribution in [0.5, 0.6) is 0 Å². The summed E-state index contributed by atoms with van der Waals surface area (Å²) in [5, 5.41) is 0.909. The van der Waals surface area contributed by atoms with Crippen molar-refractivity contribution in [1.82, 2.24) is 4.98 Å². The van der Waals surface area contributed by atoms with Crippen molar-refractivity contribution in [2.75, 3.05) is 0 Å². The van der Waals surface area contributed by atoms with Crippen molar-refractivity contribution in [3.63, 3.8) is 0 Å². The molecule has 0 saturated carbocycles. The van der Waals surface area contributed by atoms with Crippen LogP contribution in [0.4, 0.5) is 0 Å². The Morgan fingerprint density at radius 2 is 2.13 bits per heavy atom. The lowest BCUT2D eigenvalue weighted by atomic mass is 10.0. The molecule has 1 heterocycles. The molecule has 15 heavy (non-hydrogen) atoms. The van der Waals surface area contributed by atoms with E-state index < -0.39 is 0 Å². The molecule has 0 unspecified atom stereocenters. The van der Waals surface area contributed by atoms with Gasteiger partial charge in [0.2, 0.25) is 0 Å². The second kappa shape index (κ2) is 4.05. The normalized spacial score (nSPS) is 10.1. The second-order valence-corrected chi connectivity index (χ2v) is 3.29. The van der Waals surface area contributed by atoms with Crippen molar-refractivity contribution >= 4 is 16.7 Å². The monoisotopic (exact) mass is 197 g/mol. The largest absolute Gasteiger partial charge is 0.294 e. The number of carbonyl (C=O) groups excluding carboxylic acids is 1. The average Bonchev–Trinajstić information content (AvgIpc) is 2.28. The van der Waals surface area contributed by atoms with Gasteiger partial charge in [-0.2, -0.15) is 0 Å². The molecule has 0 aliphatic rings. The van der Waals surface area contributed by atoms with E-state index in [1.807, 2.05) is 24.3 Å². The summed E-state index contributed by atoms with van der Waals surface area (Å²) < 4.78 is 0. The minimum Gasteiger partial charge on any atom is -0.294 e. The molecule has 0 N–H and O–H groups in total. The number of pyridine rings is 1. The van der Waals surface area contributed by atoms with Gasteiger partial charge in [-0.15, -0.1) is 6.58 Å². The number of rotatable bonds is 3. The lowest BCUT2D eigenvalue weighted by Gasteiger charge is -2.02. The molecule has 1 aromatic carbocycles. The molecule has 0 spiro atoms. The van der Waals surface area contributed by atoms with Crippen LogP contribution in [0, 0.1) is 0 Å². The Hall–Kier alpha value is -1.96. The molecule has 0 fully saturated rings. The molecule has 0 aliphatic heterocycles. The fraction of sp³-hybridized carbons (Fsp3) is 0.0769. The van der Waals surface area contributed by atoms with Crippen LogP contribution in [0.1, 0.15) is 16.8 Å². The minimum absolute atomic E-state index is 0.0867. The number of hydrogen-bond acceptors (Lipinski definition) is 2. The zero-order valence-corrected chi connectivity index (χ0v) is 8.31. The van der Waals surface area contributed by atoms with E-state index in [0.717, 1.165) is 16.5 Å². The zero-order valence-electron chi connectivity index (χ0n) is 8.31. The van der Waals surface area contributed by atoms with E-state index in [4.69, 9.17) is 0 Å². The number of aromatic nitrogens is 1. The maximum Gasteiger partial charge on any atom is 0.167 e. The lowest BCUT2D eigenvalue weighted by molar-refractivity contribution is 0.0997. The van der Waals surface area contributed by atoms with Crippen LogP contribution in [-0.2, 0) is 0 Å². The molecule has 0 bridgehead atoms. The number of benzene rings is 1. The fourth-order valence-corrected chi connectivity index (χ4v) is 1.58. The van der Waals surface area contributed by atoms with Crippen molar-refractivity contribution in [2.24, 2.45) is 0 Å². The summed E-state index contributed by atoms with van der Waals surface area (Å²) in [6.07, 6.45) is 3.66. The van der Waals surface area contributed by atoms with Crippen molar-refractivity contribution in [1.29, 1.82) is 0 Å². The van der Waals surface area contributed by atoms with Gasteiger partial charge in [0.15, 0.2) is 5.78 Å². The van der Waals surface area contributed by atoms with Gasteiger partial charge in [-0.3, -0.25) is 9.78 Å². The van der Waals surface area contributed by atoms with Crippen LogP contribution in [-0.4, -0.2) is 10.8 Å². The van der Waals surface area contributed by atoms with Crippen molar-refractivity contribution in [3.8, 4) is 0 Å². The number of Topliss-reactive ketones (excluding diaryl/α,β-unsaturated/α-hetero) is 1. The van der Waals surface area contributed by atoms with Gasteiger partial charge in [-0.1, -0.05) is 24.3 Å². The third-order valence-electron chi connectivity index (χ3n) is 2.28. The standard InChI is InChI=1S/C13H11NO/c1-2-5-13(15)11-8-9-14-12-7-4-3-6-10(11)12/h2-4,6-9H,1,5H2. The first-order chi connectivity index (χ1) is 7.33. The summed E-state index contributed by atoms with van der Waals surface area (Å²) >= 11 is 0. The smallest absolute Gasteiger partial charge is 0.167 e. The topological polar surface area (TPSA) is 30.0 Å². The van der Waals surface area contributed by atoms with Crippen molar-refractivity contribution in [3.05, 3.63) is 54.7 Å². The first-order valence-corrected chi connectivity index (χ1v) is 4.81. The number of ketones is 1. The Kier molecular flexibility index (Phi) is 2.59. The van der Waals surface area contributed by atoms with Gasteiger partial charge in [0, 0.05) is 23.6 Å². The summed E-state index contributed by atoms with van der Waals surface area (Å²) in [5.41, 5.74) is 1.58. The van der Waals surface area contributed by atoms with Crippen LogP contribution >= 0.6 is 0 Å². The number of hydrogen-bond donors (Lipinski definition) is 0. The van der Waals surface area contributed by atoms with E-state index in [2.05, 4.69) is 11.6 Å². The Labute approximate surface area is 88.3 Å². The molecular formula is C13H11NO. The molecular weight excluding hydrogens is 186 g/mol. The van der Waals surface area contributed by atoms with Crippen molar-refractivity contribution in [2.45, 2.75) is 6.42 Å². The second-order valence-electron chi connectivity index (χ2n) is 3.29. The van der Waals surface area contributed by atoms with Crippen LogP contribution in [0.3, 0.4) is 0 Å². The third kappa shape index (κ3) is 1.79. The molecule has 0 aliphatic carbocycles. The Bertz CT molecular complexity index is 511. The summed E-state index contributed by atoms with van der Waals surface area (Å²) in [5.74, 6) is 0.0867. The first-order valence-electron chi connectivity index (χ1n) is 4.81. The maximum absolute atomic E-state index is 11.8. The molecule has 0 radical (unpaired) electrons. The number of fused-ring (bicyclic) bond motifs is 1. The molecule has 2 heteroatoms. The predicted octanol–water partition coefficient (Wildman–Crippen LogP) is 2.99.